The summed E-state index contributed by atoms with van der Waals surface area (Å²) < 4.78 is 19.9. The van der Waals surface area contributed by atoms with Crippen molar-refractivity contribution in [3.8, 4) is 5.75 Å². The van der Waals surface area contributed by atoms with Crippen molar-refractivity contribution in [3.63, 3.8) is 0 Å². The fourth-order valence-corrected chi connectivity index (χ4v) is 2.77. The van der Waals surface area contributed by atoms with Gasteiger partial charge in [0.25, 0.3) is 0 Å². The van der Waals surface area contributed by atoms with Gasteiger partial charge in [0, 0.05) is 29.7 Å². The van der Waals surface area contributed by atoms with Gasteiger partial charge in [-0.05, 0) is 42.8 Å². The van der Waals surface area contributed by atoms with Gasteiger partial charge in [-0.3, -0.25) is 4.79 Å². The maximum atomic E-state index is 14.3. The fourth-order valence-electron chi connectivity index (χ4n) is 2.77. The first-order valence-electron chi connectivity index (χ1n) is 10.2. The van der Waals surface area contributed by atoms with Gasteiger partial charge in [0.2, 0.25) is 11.9 Å². The molecule has 3 rings (SSSR count). The first-order chi connectivity index (χ1) is 16.4. The van der Waals surface area contributed by atoms with Crippen LogP contribution in [0, 0.1) is 5.82 Å². The van der Waals surface area contributed by atoms with Gasteiger partial charge in [0.1, 0.15) is 5.75 Å². The molecule has 0 saturated carbocycles. The lowest BCUT2D eigenvalue weighted by atomic mass is 10.2. The Hall–Kier alpha value is -4.67. The average molecular weight is 466 g/mol. The Morgan fingerprint density at radius 1 is 1.09 bits per heavy atom. The Morgan fingerprint density at radius 2 is 1.82 bits per heavy atom. The van der Waals surface area contributed by atoms with Gasteiger partial charge >= 0.3 is 6.09 Å². The smallest absolute Gasteiger partial charge is 0.404 e. The van der Waals surface area contributed by atoms with Crippen molar-refractivity contribution in [1.82, 2.24) is 15.3 Å². The van der Waals surface area contributed by atoms with E-state index in [0.717, 1.165) is 12.3 Å². The Balaban J connectivity index is 1.64. The van der Waals surface area contributed by atoms with Crippen LogP contribution in [-0.2, 0) is 4.79 Å². The number of rotatable bonds is 11. The average Bonchev–Trinajstić information content (AvgIpc) is 2.81. The van der Waals surface area contributed by atoms with E-state index in [9.17, 15) is 14.0 Å². The summed E-state index contributed by atoms with van der Waals surface area (Å²) >= 11 is 0. The largest absolute Gasteiger partial charge is 0.493 e. The monoisotopic (exact) mass is 466 g/mol. The number of hydrogen-bond acceptors (Lipinski definition) is 7. The van der Waals surface area contributed by atoms with Crippen molar-refractivity contribution < 1.29 is 23.8 Å². The number of hydrogen-bond donors (Lipinski definition) is 5. The molecule has 3 aromatic rings. The summed E-state index contributed by atoms with van der Waals surface area (Å²) in [7, 11) is 0. The Morgan fingerprint density at radius 3 is 2.59 bits per heavy atom. The second-order valence-electron chi connectivity index (χ2n) is 6.88. The zero-order valence-electron chi connectivity index (χ0n) is 18.0. The van der Waals surface area contributed by atoms with Gasteiger partial charge in [-0.15, -0.1) is 0 Å². The van der Waals surface area contributed by atoms with E-state index >= 15 is 0 Å². The molecule has 0 bridgehead atoms. The van der Waals surface area contributed by atoms with Crippen LogP contribution in [0.25, 0.3) is 0 Å². The second-order valence-corrected chi connectivity index (χ2v) is 6.88. The number of amides is 2. The van der Waals surface area contributed by atoms with Crippen molar-refractivity contribution in [3.05, 3.63) is 73.2 Å². The van der Waals surface area contributed by atoms with E-state index in [4.69, 9.17) is 9.84 Å². The molecule has 11 heteroatoms. The topological polar surface area (TPSA) is 138 Å². The molecular weight excluding hydrogens is 443 g/mol. The summed E-state index contributed by atoms with van der Waals surface area (Å²) in [6.07, 6.45) is 1.63. The number of halogens is 1. The van der Waals surface area contributed by atoms with Gasteiger partial charge in [-0.2, -0.15) is 4.98 Å². The van der Waals surface area contributed by atoms with Crippen LogP contribution in [0.15, 0.2) is 67.4 Å². The van der Waals surface area contributed by atoms with Gasteiger partial charge in [0.15, 0.2) is 11.6 Å². The third-order valence-corrected chi connectivity index (χ3v) is 4.28. The summed E-state index contributed by atoms with van der Waals surface area (Å²) in [6, 6.07) is 13.7. The van der Waals surface area contributed by atoms with E-state index in [2.05, 4.69) is 37.8 Å². The number of carboxylic acid groups (broad SMARTS) is 1. The van der Waals surface area contributed by atoms with Crippen LogP contribution in [0.4, 0.5) is 38.0 Å². The predicted octanol–water partition coefficient (Wildman–Crippen LogP) is 4.26. The molecule has 5 N–H and O–H groups in total. The molecule has 0 atom stereocenters. The van der Waals surface area contributed by atoms with Gasteiger partial charge in [-0.1, -0.05) is 18.7 Å². The van der Waals surface area contributed by atoms with Crippen LogP contribution in [0.3, 0.4) is 0 Å². The molecule has 0 saturated heterocycles. The van der Waals surface area contributed by atoms with E-state index < -0.39 is 11.9 Å². The number of carbonyl (C=O) groups excluding carboxylic acids is 1. The fraction of sp³-hybridized carbons (Fsp3) is 0.130. The molecule has 34 heavy (non-hydrogen) atoms. The molecule has 10 nitrogen and oxygen atoms in total. The number of aromatic nitrogens is 2. The molecule has 0 radical (unpaired) electrons. The lowest BCUT2D eigenvalue weighted by molar-refractivity contribution is -0.111. The summed E-state index contributed by atoms with van der Waals surface area (Å²) in [4.78, 5) is 30.1. The third-order valence-electron chi connectivity index (χ3n) is 4.28. The van der Waals surface area contributed by atoms with E-state index in [-0.39, 0.29) is 24.2 Å². The minimum Gasteiger partial charge on any atom is -0.493 e. The van der Waals surface area contributed by atoms with Crippen molar-refractivity contribution in [1.29, 1.82) is 0 Å². The Bertz CT molecular complexity index is 1170. The summed E-state index contributed by atoms with van der Waals surface area (Å²) in [5, 5.41) is 19.3. The van der Waals surface area contributed by atoms with Crippen molar-refractivity contribution >= 4 is 40.8 Å². The number of nitrogens with one attached hydrogen (secondary N) is 4. The Labute approximate surface area is 194 Å². The summed E-state index contributed by atoms with van der Waals surface area (Å²) in [5.41, 5.74) is 1.64. The second kappa shape index (κ2) is 11.8. The quantitative estimate of drug-likeness (QED) is 0.209. The molecule has 2 aromatic carbocycles. The van der Waals surface area contributed by atoms with E-state index in [1.54, 1.807) is 48.5 Å². The normalized spacial score (nSPS) is 10.1. The number of benzene rings is 2. The van der Waals surface area contributed by atoms with Crippen LogP contribution in [-0.4, -0.2) is 40.2 Å². The van der Waals surface area contributed by atoms with E-state index in [1.165, 1.54) is 0 Å². The molecular formula is C23H23FN6O4. The highest BCUT2D eigenvalue weighted by molar-refractivity contribution is 5.99. The van der Waals surface area contributed by atoms with E-state index in [0.29, 0.717) is 35.8 Å². The highest BCUT2D eigenvalue weighted by atomic mass is 19.1. The SMILES string of the molecule is C=CC(=O)Nc1cccc(Nc2nc(Nc3cccc(OCCCNC(=O)O)c3)ncc2F)c1. The molecule has 176 valence electrons. The maximum Gasteiger partial charge on any atom is 0.404 e. The zero-order valence-corrected chi connectivity index (χ0v) is 18.0. The third kappa shape index (κ3) is 7.48. The van der Waals surface area contributed by atoms with Crippen molar-refractivity contribution in [2.24, 2.45) is 0 Å². The molecule has 2 amide bonds. The molecule has 0 spiro atoms. The van der Waals surface area contributed by atoms with Gasteiger partial charge in [-0.25, -0.2) is 14.2 Å². The lowest BCUT2D eigenvalue weighted by Crippen LogP contribution is -2.23. The van der Waals surface area contributed by atoms with Gasteiger partial charge in [0.05, 0.1) is 12.8 Å². The van der Waals surface area contributed by atoms with Gasteiger partial charge < -0.3 is 31.1 Å². The van der Waals surface area contributed by atoms with Crippen LogP contribution in [0.1, 0.15) is 6.42 Å². The number of ether oxygens (including phenoxy) is 1. The Kier molecular flexibility index (Phi) is 8.33. The van der Waals surface area contributed by atoms with Crippen LogP contribution < -0.4 is 26.0 Å². The molecule has 0 fully saturated rings. The van der Waals surface area contributed by atoms with Crippen molar-refractivity contribution in [2.75, 3.05) is 29.1 Å². The summed E-state index contributed by atoms with van der Waals surface area (Å²) in [6.45, 7) is 4.02. The molecule has 1 heterocycles. The number of carbonyl (C=O) groups is 2. The number of nitrogens with zero attached hydrogens (tertiary/aromatic N) is 2. The highest BCUT2D eigenvalue weighted by Gasteiger charge is 2.09. The first-order valence-corrected chi connectivity index (χ1v) is 10.2. The molecule has 0 aliphatic rings. The minimum absolute atomic E-state index is 0.0527. The van der Waals surface area contributed by atoms with Crippen LogP contribution in [0.5, 0.6) is 5.75 Å². The lowest BCUT2D eigenvalue weighted by Gasteiger charge is -2.12. The zero-order chi connectivity index (χ0) is 24.3. The number of anilines is 5. The molecule has 0 aliphatic carbocycles. The van der Waals surface area contributed by atoms with Crippen LogP contribution >= 0.6 is 0 Å². The highest BCUT2D eigenvalue weighted by Crippen LogP contribution is 2.24. The van der Waals surface area contributed by atoms with Crippen molar-refractivity contribution in [2.45, 2.75) is 6.42 Å². The standard InChI is InChI=1S/C23H23FN6O4/c1-2-20(31)27-15-6-3-7-16(12-15)28-21-19(24)14-26-22(30-21)29-17-8-4-9-18(13-17)34-11-5-10-25-23(32)33/h2-4,6-9,12-14,25H,1,5,10-11H2,(H,27,31)(H,32,33)(H2,26,28,29,30). The summed E-state index contributed by atoms with van der Waals surface area (Å²) in [5.74, 6) is -0.344. The molecule has 0 aliphatic heterocycles. The maximum absolute atomic E-state index is 14.3. The first kappa shape index (κ1) is 24.0. The molecule has 1 aromatic heterocycles. The molecule has 0 unspecified atom stereocenters. The minimum atomic E-state index is -1.08. The predicted molar refractivity (Wildman–Crippen MR) is 126 cm³/mol. The van der Waals surface area contributed by atoms with Crippen LogP contribution in [0.2, 0.25) is 0 Å². The van der Waals surface area contributed by atoms with E-state index in [1.807, 2.05) is 0 Å².